The number of benzene rings is 1. The van der Waals surface area contributed by atoms with E-state index in [1.54, 1.807) is 17.0 Å². The molecule has 1 fully saturated rings. The summed E-state index contributed by atoms with van der Waals surface area (Å²) in [5.74, 6) is 0.288. The first-order valence-corrected chi connectivity index (χ1v) is 8.02. The molecule has 124 valence electrons. The third kappa shape index (κ3) is 3.52. The average molecular weight is 340 g/mol. The highest BCUT2D eigenvalue weighted by molar-refractivity contribution is 6.32. The van der Waals surface area contributed by atoms with Gasteiger partial charge >= 0.3 is 5.97 Å². The van der Waals surface area contributed by atoms with Gasteiger partial charge in [0.25, 0.3) is 5.91 Å². The van der Waals surface area contributed by atoms with E-state index in [1.807, 2.05) is 0 Å². The van der Waals surface area contributed by atoms with Gasteiger partial charge < -0.3 is 19.5 Å². The van der Waals surface area contributed by atoms with Gasteiger partial charge in [-0.3, -0.25) is 9.59 Å². The summed E-state index contributed by atoms with van der Waals surface area (Å²) in [5, 5.41) is 9.16. The predicted molar refractivity (Wildman–Crippen MR) is 83.1 cm³/mol. The van der Waals surface area contributed by atoms with Crippen LogP contribution < -0.4 is 9.47 Å². The van der Waals surface area contributed by atoms with Crippen LogP contribution in [0.25, 0.3) is 0 Å². The van der Waals surface area contributed by atoms with Crippen molar-refractivity contribution in [1.29, 1.82) is 0 Å². The third-order valence-electron chi connectivity index (χ3n) is 4.25. The molecule has 1 atom stereocenters. The minimum absolute atomic E-state index is 0.105. The van der Waals surface area contributed by atoms with Gasteiger partial charge in [-0.25, -0.2) is 0 Å². The van der Waals surface area contributed by atoms with E-state index in [9.17, 15) is 9.59 Å². The van der Waals surface area contributed by atoms with Crippen LogP contribution in [0.5, 0.6) is 11.5 Å². The number of aliphatic carboxylic acids is 1. The number of likely N-dealkylation sites (tertiary alicyclic amines) is 1. The molecule has 7 heteroatoms. The molecule has 0 radical (unpaired) electrons. The van der Waals surface area contributed by atoms with Crippen LogP contribution in [0.3, 0.4) is 0 Å². The van der Waals surface area contributed by atoms with Crippen LogP contribution in [0.2, 0.25) is 5.02 Å². The van der Waals surface area contributed by atoms with E-state index >= 15 is 0 Å². The molecule has 6 nitrogen and oxygen atoms in total. The number of carbonyl (C=O) groups excluding carboxylic acids is 1. The number of carbonyl (C=O) groups is 2. The highest BCUT2D eigenvalue weighted by atomic mass is 35.5. The van der Waals surface area contributed by atoms with Crippen LogP contribution in [-0.4, -0.2) is 41.8 Å². The van der Waals surface area contributed by atoms with Gasteiger partial charge in [0, 0.05) is 25.1 Å². The zero-order valence-electron chi connectivity index (χ0n) is 12.6. The van der Waals surface area contributed by atoms with Gasteiger partial charge in [-0.15, -0.1) is 0 Å². The molecule has 0 unspecified atom stereocenters. The van der Waals surface area contributed by atoms with Gasteiger partial charge in [-0.05, 0) is 37.3 Å². The van der Waals surface area contributed by atoms with E-state index in [0.717, 1.165) is 12.8 Å². The molecule has 1 aromatic carbocycles. The molecule has 1 N–H and O–H groups in total. The SMILES string of the molecule is O=C(O)CC[C@@H]1CCCN(C(=O)c2cc(Cl)c3c(c2)OCO3)C1. The van der Waals surface area contributed by atoms with Crippen molar-refractivity contribution in [3.05, 3.63) is 22.7 Å². The molecule has 1 aromatic rings. The molecule has 1 amide bonds. The molecule has 0 aliphatic carbocycles. The first-order valence-electron chi connectivity index (χ1n) is 7.65. The molecule has 0 aromatic heterocycles. The first-order chi connectivity index (χ1) is 11.0. The lowest BCUT2D eigenvalue weighted by Crippen LogP contribution is -2.40. The second-order valence-electron chi connectivity index (χ2n) is 5.88. The fourth-order valence-electron chi connectivity index (χ4n) is 3.09. The molecule has 1 saturated heterocycles. The molecule has 23 heavy (non-hydrogen) atoms. The Morgan fingerprint density at radius 2 is 2.17 bits per heavy atom. The number of rotatable bonds is 4. The van der Waals surface area contributed by atoms with Crippen LogP contribution in [-0.2, 0) is 4.79 Å². The molecule has 0 saturated carbocycles. The molecular formula is C16H18ClNO5. The summed E-state index contributed by atoms with van der Waals surface area (Å²) in [4.78, 5) is 25.2. The minimum atomic E-state index is -0.795. The monoisotopic (exact) mass is 339 g/mol. The van der Waals surface area contributed by atoms with E-state index in [-0.39, 0.29) is 25.0 Å². The number of piperidine rings is 1. The highest BCUT2D eigenvalue weighted by Crippen LogP contribution is 2.40. The lowest BCUT2D eigenvalue weighted by Gasteiger charge is -2.32. The van der Waals surface area contributed by atoms with E-state index < -0.39 is 5.97 Å². The number of halogens is 1. The van der Waals surface area contributed by atoms with Crippen molar-refractivity contribution in [2.45, 2.75) is 25.7 Å². The number of carboxylic acid groups (broad SMARTS) is 1. The van der Waals surface area contributed by atoms with Gasteiger partial charge in [0.2, 0.25) is 6.79 Å². The summed E-state index contributed by atoms with van der Waals surface area (Å²) in [6.45, 7) is 1.36. The van der Waals surface area contributed by atoms with E-state index in [4.69, 9.17) is 26.2 Å². The van der Waals surface area contributed by atoms with Crippen LogP contribution in [0.1, 0.15) is 36.0 Å². The van der Waals surface area contributed by atoms with Gasteiger partial charge in [0.15, 0.2) is 11.5 Å². The quantitative estimate of drug-likeness (QED) is 0.912. The van der Waals surface area contributed by atoms with Gasteiger partial charge in [-0.2, -0.15) is 0 Å². The maximum absolute atomic E-state index is 12.7. The van der Waals surface area contributed by atoms with Gasteiger partial charge in [-0.1, -0.05) is 11.6 Å². The first kappa shape index (κ1) is 15.9. The number of hydrogen-bond donors (Lipinski definition) is 1. The Morgan fingerprint density at radius 3 is 2.96 bits per heavy atom. The van der Waals surface area contributed by atoms with E-state index in [2.05, 4.69) is 0 Å². The normalized spacial score (nSPS) is 19.7. The number of amides is 1. The molecule has 0 spiro atoms. The predicted octanol–water partition coefficient (Wildman–Crippen LogP) is 2.79. The molecule has 2 aliphatic heterocycles. The third-order valence-corrected chi connectivity index (χ3v) is 4.53. The minimum Gasteiger partial charge on any atom is -0.481 e. The van der Waals surface area contributed by atoms with Crippen molar-refractivity contribution in [2.75, 3.05) is 19.9 Å². The van der Waals surface area contributed by atoms with Crippen LogP contribution >= 0.6 is 11.6 Å². The maximum Gasteiger partial charge on any atom is 0.303 e. The topological polar surface area (TPSA) is 76.1 Å². The van der Waals surface area contributed by atoms with Crippen molar-refractivity contribution in [3.63, 3.8) is 0 Å². The summed E-state index contributed by atoms with van der Waals surface area (Å²) in [6.07, 6.45) is 2.58. The van der Waals surface area contributed by atoms with E-state index in [0.29, 0.717) is 41.6 Å². The van der Waals surface area contributed by atoms with Crippen LogP contribution in [0.4, 0.5) is 0 Å². The summed E-state index contributed by atoms with van der Waals surface area (Å²) < 4.78 is 10.5. The average Bonchev–Trinajstić information content (AvgIpc) is 3.01. The molecule has 0 bridgehead atoms. The Morgan fingerprint density at radius 1 is 1.35 bits per heavy atom. The number of fused-ring (bicyclic) bond motifs is 1. The Labute approximate surface area is 138 Å². The number of carboxylic acids is 1. The summed E-state index contributed by atoms with van der Waals surface area (Å²) in [5.41, 5.74) is 0.470. The largest absolute Gasteiger partial charge is 0.481 e. The van der Waals surface area contributed by atoms with Crippen molar-refractivity contribution in [3.8, 4) is 11.5 Å². The van der Waals surface area contributed by atoms with Crippen molar-refractivity contribution < 1.29 is 24.2 Å². The Balaban J connectivity index is 1.70. The second-order valence-corrected chi connectivity index (χ2v) is 6.29. The lowest BCUT2D eigenvalue weighted by molar-refractivity contribution is -0.137. The van der Waals surface area contributed by atoms with Crippen LogP contribution in [0, 0.1) is 5.92 Å². The summed E-state index contributed by atoms with van der Waals surface area (Å²) in [6, 6.07) is 3.25. The molecule has 2 heterocycles. The molecular weight excluding hydrogens is 322 g/mol. The van der Waals surface area contributed by atoms with Crippen molar-refractivity contribution in [1.82, 2.24) is 4.90 Å². The summed E-state index contributed by atoms with van der Waals surface area (Å²) in [7, 11) is 0. The standard InChI is InChI=1S/C16H18ClNO5/c17-12-6-11(7-13-15(12)23-9-22-13)16(21)18-5-1-2-10(8-18)3-4-14(19)20/h6-7,10H,1-5,8-9H2,(H,19,20)/t10-/m0/s1. The Bertz CT molecular complexity index is 633. The molecule has 3 rings (SSSR count). The highest BCUT2D eigenvalue weighted by Gasteiger charge is 2.27. The number of ether oxygens (including phenoxy) is 2. The number of hydrogen-bond acceptors (Lipinski definition) is 4. The zero-order chi connectivity index (χ0) is 16.4. The summed E-state index contributed by atoms with van der Waals surface area (Å²) >= 11 is 6.13. The van der Waals surface area contributed by atoms with Crippen molar-refractivity contribution >= 4 is 23.5 Å². The van der Waals surface area contributed by atoms with Gasteiger partial charge in [0.1, 0.15) is 0 Å². The van der Waals surface area contributed by atoms with Crippen molar-refractivity contribution in [2.24, 2.45) is 5.92 Å². The van der Waals surface area contributed by atoms with E-state index in [1.165, 1.54) is 0 Å². The second kappa shape index (κ2) is 6.66. The van der Waals surface area contributed by atoms with Crippen LogP contribution in [0.15, 0.2) is 12.1 Å². The molecule has 2 aliphatic rings. The Hall–Kier alpha value is -1.95. The lowest BCUT2D eigenvalue weighted by atomic mass is 9.93. The number of nitrogens with zero attached hydrogens (tertiary/aromatic N) is 1. The Kier molecular flexibility index (Phi) is 4.61. The maximum atomic E-state index is 12.7. The van der Waals surface area contributed by atoms with Gasteiger partial charge in [0.05, 0.1) is 5.02 Å². The smallest absolute Gasteiger partial charge is 0.303 e. The zero-order valence-corrected chi connectivity index (χ0v) is 13.3. The fraction of sp³-hybridized carbons (Fsp3) is 0.500. The fourth-order valence-corrected chi connectivity index (χ4v) is 3.35.